The van der Waals surface area contributed by atoms with E-state index < -0.39 is 10.2 Å². The van der Waals surface area contributed by atoms with Gasteiger partial charge in [-0.15, -0.1) is 0 Å². The Balaban J connectivity index is 1.66. The van der Waals surface area contributed by atoms with Crippen molar-refractivity contribution >= 4 is 10.2 Å². The number of nitrogens with zero attached hydrogens (tertiary/aromatic N) is 2. The second-order valence-corrected chi connectivity index (χ2v) is 9.00. The third-order valence-electron chi connectivity index (χ3n) is 4.64. The molecule has 4 atom stereocenters. The maximum Gasteiger partial charge on any atom is 0.282 e. The molecule has 23 heavy (non-hydrogen) atoms. The molecule has 0 radical (unpaired) electrons. The molecule has 6 nitrogen and oxygen atoms in total. The van der Waals surface area contributed by atoms with Crippen LogP contribution in [0.25, 0.3) is 0 Å². The van der Waals surface area contributed by atoms with Crippen LogP contribution in [-0.4, -0.2) is 49.4 Å². The van der Waals surface area contributed by atoms with E-state index >= 15 is 0 Å². The molecule has 3 rings (SSSR count). The fraction of sp³-hybridized carbons (Fsp3) is 0.750. The SMILES string of the molecule is C[C@@H]1CN(S(=O)(=O)N(C)Cc2ccc([C@@H]3C[C@@H]3C)o2)C[C@H](C)O1. The van der Waals surface area contributed by atoms with Gasteiger partial charge in [0.2, 0.25) is 0 Å². The minimum atomic E-state index is -3.51. The highest BCUT2D eigenvalue weighted by atomic mass is 32.2. The van der Waals surface area contributed by atoms with Crippen LogP contribution in [0, 0.1) is 5.92 Å². The summed E-state index contributed by atoms with van der Waals surface area (Å²) in [6.07, 6.45) is 0.979. The van der Waals surface area contributed by atoms with Crippen molar-refractivity contribution in [2.45, 2.75) is 51.9 Å². The van der Waals surface area contributed by atoms with Gasteiger partial charge >= 0.3 is 0 Å². The van der Waals surface area contributed by atoms with Gasteiger partial charge in [0.05, 0.1) is 18.8 Å². The van der Waals surface area contributed by atoms with Crippen molar-refractivity contribution in [2.24, 2.45) is 5.92 Å². The van der Waals surface area contributed by atoms with Crippen molar-refractivity contribution in [2.75, 3.05) is 20.1 Å². The minimum Gasteiger partial charge on any atom is -0.464 e. The highest BCUT2D eigenvalue weighted by molar-refractivity contribution is 7.86. The summed E-state index contributed by atoms with van der Waals surface area (Å²) in [7, 11) is -1.91. The molecule has 1 aliphatic heterocycles. The van der Waals surface area contributed by atoms with E-state index in [2.05, 4.69) is 6.92 Å². The molecule has 0 unspecified atom stereocenters. The normalized spacial score (nSPS) is 32.4. The van der Waals surface area contributed by atoms with Crippen molar-refractivity contribution in [3.05, 3.63) is 23.7 Å². The Bertz CT molecular complexity index is 647. The molecule has 2 aliphatic rings. The van der Waals surface area contributed by atoms with Crippen LogP contribution >= 0.6 is 0 Å². The van der Waals surface area contributed by atoms with E-state index in [4.69, 9.17) is 9.15 Å². The maximum absolute atomic E-state index is 12.7. The van der Waals surface area contributed by atoms with Gasteiger partial charge < -0.3 is 9.15 Å². The monoisotopic (exact) mass is 342 g/mol. The Morgan fingerprint density at radius 2 is 1.83 bits per heavy atom. The fourth-order valence-electron chi connectivity index (χ4n) is 3.21. The van der Waals surface area contributed by atoms with Crippen molar-refractivity contribution in [1.82, 2.24) is 8.61 Å². The van der Waals surface area contributed by atoms with Crippen LogP contribution < -0.4 is 0 Å². The smallest absolute Gasteiger partial charge is 0.282 e. The largest absolute Gasteiger partial charge is 0.464 e. The summed E-state index contributed by atoms with van der Waals surface area (Å²) < 4.78 is 39.8. The molecule has 1 aromatic heterocycles. The van der Waals surface area contributed by atoms with Gasteiger partial charge in [0.25, 0.3) is 10.2 Å². The van der Waals surface area contributed by atoms with Crippen molar-refractivity contribution in [1.29, 1.82) is 0 Å². The van der Waals surface area contributed by atoms with E-state index in [0.29, 0.717) is 30.7 Å². The molecule has 0 amide bonds. The Hall–Kier alpha value is -0.890. The molecule has 2 fully saturated rings. The van der Waals surface area contributed by atoms with Gasteiger partial charge in [-0.3, -0.25) is 0 Å². The standard InChI is InChI=1S/C16H26N2O4S/c1-11-7-15(11)16-6-5-14(22-16)10-17(4)23(19,20)18-8-12(2)21-13(3)9-18/h5-6,11-13,15H,7-10H2,1-4H3/t11-,12-,13+,15+/m0/s1. The molecule has 0 N–H and O–H groups in total. The topological polar surface area (TPSA) is 63.0 Å². The lowest BCUT2D eigenvalue weighted by Crippen LogP contribution is -2.52. The molecule has 0 bridgehead atoms. The van der Waals surface area contributed by atoms with Gasteiger partial charge in [0.15, 0.2) is 0 Å². The number of morpholine rings is 1. The summed E-state index contributed by atoms with van der Waals surface area (Å²) in [4.78, 5) is 0. The van der Waals surface area contributed by atoms with Crippen molar-refractivity contribution in [3.8, 4) is 0 Å². The van der Waals surface area contributed by atoms with Gasteiger partial charge in [0, 0.05) is 26.1 Å². The molecule has 1 saturated heterocycles. The maximum atomic E-state index is 12.7. The van der Waals surface area contributed by atoms with Crippen LogP contribution in [0.15, 0.2) is 16.5 Å². The van der Waals surface area contributed by atoms with E-state index in [-0.39, 0.29) is 18.8 Å². The quantitative estimate of drug-likeness (QED) is 0.823. The van der Waals surface area contributed by atoms with Crippen molar-refractivity contribution < 1.29 is 17.6 Å². The summed E-state index contributed by atoms with van der Waals surface area (Å²) in [5, 5.41) is 0. The van der Waals surface area contributed by atoms with Gasteiger partial charge in [0.1, 0.15) is 11.5 Å². The number of rotatable bonds is 5. The summed E-state index contributed by atoms with van der Waals surface area (Å²) in [6.45, 7) is 7.02. The van der Waals surface area contributed by atoms with E-state index in [0.717, 1.165) is 12.2 Å². The molecule has 1 aromatic rings. The molecule has 1 aliphatic carbocycles. The van der Waals surface area contributed by atoms with Crippen LogP contribution in [-0.2, 0) is 21.5 Å². The lowest BCUT2D eigenvalue weighted by Gasteiger charge is -2.36. The summed E-state index contributed by atoms with van der Waals surface area (Å²) in [5.74, 6) is 2.85. The second-order valence-electron chi connectivity index (χ2n) is 6.96. The Morgan fingerprint density at radius 3 is 2.39 bits per heavy atom. The molecule has 0 spiro atoms. The zero-order valence-corrected chi connectivity index (χ0v) is 15.0. The Labute approximate surface area is 138 Å². The highest BCUT2D eigenvalue weighted by Crippen LogP contribution is 2.47. The third kappa shape index (κ3) is 3.63. The summed E-state index contributed by atoms with van der Waals surface area (Å²) in [6, 6.07) is 3.86. The number of hydrogen-bond acceptors (Lipinski definition) is 4. The first-order valence-electron chi connectivity index (χ1n) is 8.23. The van der Waals surface area contributed by atoms with Crippen molar-refractivity contribution in [3.63, 3.8) is 0 Å². The van der Waals surface area contributed by atoms with Gasteiger partial charge in [-0.05, 0) is 38.3 Å². The summed E-state index contributed by atoms with van der Waals surface area (Å²) in [5.41, 5.74) is 0. The first-order valence-corrected chi connectivity index (χ1v) is 9.62. The molecule has 2 heterocycles. The highest BCUT2D eigenvalue weighted by Gasteiger charge is 2.37. The average molecular weight is 342 g/mol. The van der Waals surface area contributed by atoms with Crippen LogP contribution in [0.2, 0.25) is 0 Å². The van der Waals surface area contributed by atoms with Crippen LogP contribution in [0.3, 0.4) is 0 Å². The zero-order valence-electron chi connectivity index (χ0n) is 14.2. The minimum absolute atomic E-state index is 0.0894. The molecule has 0 aromatic carbocycles. The number of hydrogen-bond donors (Lipinski definition) is 0. The first-order chi connectivity index (χ1) is 10.8. The van der Waals surface area contributed by atoms with Crippen LogP contribution in [0.4, 0.5) is 0 Å². The number of ether oxygens (including phenoxy) is 1. The third-order valence-corrected chi connectivity index (χ3v) is 6.51. The predicted octanol–water partition coefficient (Wildman–Crippen LogP) is 2.19. The molecular formula is C16H26N2O4S. The average Bonchev–Trinajstić information content (AvgIpc) is 3.01. The first kappa shape index (κ1) is 17.0. The van der Waals surface area contributed by atoms with Crippen LogP contribution in [0.1, 0.15) is 44.6 Å². The van der Waals surface area contributed by atoms with E-state index in [1.54, 1.807) is 7.05 Å². The Morgan fingerprint density at radius 1 is 1.22 bits per heavy atom. The van der Waals surface area contributed by atoms with Gasteiger partial charge in [-0.2, -0.15) is 17.0 Å². The number of furan rings is 1. The second kappa shape index (κ2) is 6.20. The van der Waals surface area contributed by atoms with E-state index in [1.807, 2.05) is 26.0 Å². The molecule has 130 valence electrons. The summed E-state index contributed by atoms with van der Waals surface area (Å²) >= 11 is 0. The molecule has 7 heteroatoms. The van der Waals surface area contributed by atoms with E-state index in [1.165, 1.54) is 8.61 Å². The lowest BCUT2D eigenvalue weighted by molar-refractivity contribution is -0.0453. The molecular weight excluding hydrogens is 316 g/mol. The zero-order chi connectivity index (χ0) is 16.8. The predicted molar refractivity (Wildman–Crippen MR) is 87.2 cm³/mol. The fourth-order valence-corrected chi connectivity index (χ4v) is 4.70. The molecule has 1 saturated carbocycles. The van der Waals surface area contributed by atoms with Crippen LogP contribution in [0.5, 0.6) is 0 Å². The van der Waals surface area contributed by atoms with Gasteiger partial charge in [-0.1, -0.05) is 6.92 Å². The Kier molecular flexibility index (Phi) is 4.57. The van der Waals surface area contributed by atoms with E-state index in [9.17, 15) is 8.42 Å². The van der Waals surface area contributed by atoms with Gasteiger partial charge in [-0.25, -0.2) is 0 Å². The lowest BCUT2D eigenvalue weighted by atomic mass is 10.3.